The molecule has 0 aliphatic carbocycles. The Balaban J connectivity index is 2.15. The van der Waals surface area contributed by atoms with Gasteiger partial charge in [0, 0.05) is 12.1 Å². The van der Waals surface area contributed by atoms with E-state index >= 15 is 0 Å². The Morgan fingerprint density at radius 3 is 2.87 bits per heavy atom. The van der Waals surface area contributed by atoms with Crippen LogP contribution in [-0.4, -0.2) is 12.6 Å². The minimum absolute atomic E-state index is 0.249. The second-order valence-electron chi connectivity index (χ2n) is 3.78. The molecule has 0 aliphatic rings. The van der Waals surface area contributed by atoms with Gasteiger partial charge in [-0.2, -0.15) is 0 Å². The Kier molecular flexibility index (Phi) is 5.12. The Hall–Kier alpha value is -1.09. The first-order chi connectivity index (χ1) is 7.18. The molecule has 84 valence electrons. The lowest BCUT2D eigenvalue weighted by molar-refractivity contribution is 0.302. The molecule has 2 N–H and O–H groups in total. The van der Waals surface area contributed by atoms with Crippen LogP contribution < -0.4 is 10.5 Å². The van der Waals surface area contributed by atoms with Crippen molar-refractivity contribution in [2.45, 2.75) is 32.2 Å². The monoisotopic (exact) mass is 211 g/mol. The van der Waals surface area contributed by atoms with Crippen LogP contribution in [0.25, 0.3) is 0 Å². The molecule has 1 atom stereocenters. The third kappa shape index (κ3) is 5.37. The molecular formula is C12H18FNO. The summed E-state index contributed by atoms with van der Waals surface area (Å²) in [5.74, 6) is 0.332. The summed E-state index contributed by atoms with van der Waals surface area (Å²) in [5.41, 5.74) is 5.62. The number of unbranched alkanes of at least 4 members (excludes halogenated alkanes) is 1. The third-order valence-electron chi connectivity index (χ3n) is 2.12. The van der Waals surface area contributed by atoms with Crippen molar-refractivity contribution < 1.29 is 9.13 Å². The van der Waals surface area contributed by atoms with E-state index < -0.39 is 0 Å². The summed E-state index contributed by atoms with van der Waals surface area (Å²) >= 11 is 0. The molecule has 0 saturated heterocycles. The predicted molar refractivity (Wildman–Crippen MR) is 59.4 cm³/mol. The highest BCUT2D eigenvalue weighted by Gasteiger charge is 1.97. The number of benzene rings is 1. The first kappa shape index (κ1) is 12.0. The molecule has 1 rings (SSSR count). The van der Waals surface area contributed by atoms with E-state index in [1.165, 1.54) is 12.1 Å². The fraction of sp³-hybridized carbons (Fsp3) is 0.500. The van der Waals surface area contributed by atoms with Crippen molar-refractivity contribution in [2.75, 3.05) is 6.61 Å². The zero-order valence-corrected chi connectivity index (χ0v) is 9.08. The van der Waals surface area contributed by atoms with Gasteiger partial charge in [0.25, 0.3) is 0 Å². The van der Waals surface area contributed by atoms with Crippen LogP contribution in [0.1, 0.15) is 26.2 Å². The summed E-state index contributed by atoms with van der Waals surface area (Å²) in [4.78, 5) is 0. The van der Waals surface area contributed by atoms with E-state index in [2.05, 4.69) is 0 Å². The number of hydrogen-bond donors (Lipinski definition) is 1. The normalized spacial score (nSPS) is 12.5. The van der Waals surface area contributed by atoms with Gasteiger partial charge in [0.2, 0.25) is 0 Å². The molecule has 0 heterocycles. The lowest BCUT2D eigenvalue weighted by Crippen LogP contribution is -2.14. The minimum Gasteiger partial charge on any atom is -0.493 e. The zero-order valence-electron chi connectivity index (χ0n) is 9.08. The van der Waals surface area contributed by atoms with Crippen molar-refractivity contribution >= 4 is 0 Å². The van der Waals surface area contributed by atoms with E-state index in [0.29, 0.717) is 12.4 Å². The summed E-state index contributed by atoms with van der Waals surface area (Å²) in [6.07, 6.45) is 3.01. The Bertz CT molecular complexity index is 289. The van der Waals surface area contributed by atoms with Crippen LogP contribution in [0, 0.1) is 5.82 Å². The lowest BCUT2D eigenvalue weighted by Gasteiger charge is -2.07. The van der Waals surface area contributed by atoms with E-state index in [1.54, 1.807) is 12.1 Å². The van der Waals surface area contributed by atoms with E-state index in [9.17, 15) is 4.39 Å². The standard InChI is InChI=1S/C12H18FNO/c1-10(14)5-2-3-8-15-12-7-4-6-11(13)9-12/h4,6-7,9-10H,2-3,5,8,14H2,1H3. The number of hydrogen-bond acceptors (Lipinski definition) is 2. The number of rotatable bonds is 6. The van der Waals surface area contributed by atoms with Gasteiger partial charge >= 0.3 is 0 Å². The highest BCUT2D eigenvalue weighted by atomic mass is 19.1. The molecule has 0 amide bonds. The summed E-state index contributed by atoms with van der Waals surface area (Å²) in [6, 6.07) is 6.45. The van der Waals surface area contributed by atoms with Crippen molar-refractivity contribution in [3.63, 3.8) is 0 Å². The Labute approximate surface area is 90.2 Å². The Morgan fingerprint density at radius 2 is 2.20 bits per heavy atom. The van der Waals surface area contributed by atoms with Crippen LogP contribution >= 0.6 is 0 Å². The number of nitrogens with two attached hydrogens (primary N) is 1. The van der Waals surface area contributed by atoms with Gasteiger partial charge in [0.05, 0.1) is 6.61 Å². The summed E-state index contributed by atoms with van der Waals surface area (Å²) in [6.45, 7) is 2.61. The van der Waals surface area contributed by atoms with Gasteiger partial charge in [-0.05, 0) is 38.3 Å². The van der Waals surface area contributed by atoms with Crippen molar-refractivity contribution in [1.82, 2.24) is 0 Å². The summed E-state index contributed by atoms with van der Waals surface area (Å²) in [5, 5.41) is 0. The van der Waals surface area contributed by atoms with Crippen molar-refractivity contribution in [1.29, 1.82) is 0 Å². The largest absolute Gasteiger partial charge is 0.493 e. The van der Waals surface area contributed by atoms with Crippen LogP contribution in [0.4, 0.5) is 4.39 Å². The van der Waals surface area contributed by atoms with Gasteiger partial charge in [-0.25, -0.2) is 4.39 Å². The van der Waals surface area contributed by atoms with Gasteiger partial charge in [-0.15, -0.1) is 0 Å². The molecule has 0 spiro atoms. The van der Waals surface area contributed by atoms with Crippen LogP contribution in [-0.2, 0) is 0 Å². The molecule has 0 aliphatic heterocycles. The summed E-state index contributed by atoms with van der Waals surface area (Å²) < 4.78 is 18.1. The van der Waals surface area contributed by atoms with Crippen LogP contribution in [0.2, 0.25) is 0 Å². The second-order valence-corrected chi connectivity index (χ2v) is 3.78. The second kappa shape index (κ2) is 6.40. The van der Waals surface area contributed by atoms with Gasteiger partial charge < -0.3 is 10.5 Å². The fourth-order valence-electron chi connectivity index (χ4n) is 1.32. The first-order valence-corrected chi connectivity index (χ1v) is 5.32. The Morgan fingerprint density at radius 1 is 1.40 bits per heavy atom. The van der Waals surface area contributed by atoms with Crippen LogP contribution in [0.15, 0.2) is 24.3 Å². The van der Waals surface area contributed by atoms with E-state index in [-0.39, 0.29) is 11.9 Å². The van der Waals surface area contributed by atoms with E-state index in [4.69, 9.17) is 10.5 Å². The number of halogens is 1. The molecule has 3 heteroatoms. The molecule has 1 aromatic rings. The van der Waals surface area contributed by atoms with Gasteiger partial charge in [0.1, 0.15) is 11.6 Å². The molecule has 2 nitrogen and oxygen atoms in total. The molecule has 0 bridgehead atoms. The number of ether oxygens (including phenoxy) is 1. The quantitative estimate of drug-likeness (QED) is 0.734. The van der Waals surface area contributed by atoms with Crippen molar-refractivity contribution in [3.8, 4) is 5.75 Å². The van der Waals surface area contributed by atoms with Gasteiger partial charge in [0.15, 0.2) is 0 Å². The lowest BCUT2D eigenvalue weighted by atomic mass is 10.1. The zero-order chi connectivity index (χ0) is 11.1. The van der Waals surface area contributed by atoms with Crippen LogP contribution in [0.3, 0.4) is 0 Å². The molecule has 1 unspecified atom stereocenters. The van der Waals surface area contributed by atoms with E-state index in [1.807, 2.05) is 6.92 Å². The molecular weight excluding hydrogens is 193 g/mol. The highest BCUT2D eigenvalue weighted by molar-refractivity contribution is 5.22. The first-order valence-electron chi connectivity index (χ1n) is 5.32. The smallest absolute Gasteiger partial charge is 0.126 e. The molecule has 15 heavy (non-hydrogen) atoms. The fourth-order valence-corrected chi connectivity index (χ4v) is 1.32. The van der Waals surface area contributed by atoms with Crippen molar-refractivity contribution in [3.05, 3.63) is 30.1 Å². The average molecular weight is 211 g/mol. The van der Waals surface area contributed by atoms with Gasteiger partial charge in [-0.3, -0.25) is 0 Å². The topological polar surface area (TPSA) is 35.2 Å². The van der Waals surface area contributed by atoms with Crippen LogP contribution in [0.5, 0.6) is 5.75 Å². The molecule has 0 aromatic heterocycles. The average Bonchev–Trinajstić information content (AvgIpc) is 2.17. The molecule has 0 fully saturated rings. The maximum atomic E-state index is 12.8. The molecule has 0 radical (unpaired) electrons. The minimum atomic E-state index is -0.261. The van der Waals surface area contributed by atoms with Gasteiger partial charge in [-0.1, -0.05) is 6.07 Å². The third-order valence-corrected chi connectivity index (χ3v) is 2.12. The molecule has 1 aromatic carbocycles. The summed E-state index contributed by atoms with van der Waals surface area (Å²) in [7, 11) is 0. The molecule has 0 saturated carbocycles. The SMILES string of the molecule is CC(N)CCCCOc1cccc(F)c1. The van der Waals surface area contributed by atoms with Crippen molar-refractivity contribution in [2.24, 2.45) is 5.73 Å². The highest BCUT2D eigenvalue weighted by Crippen LogP contribution is 2.12. The maximum Gasteiger partial charge on any atom is 0.126 e. The maximum absolute atomic E-state index is 12.8. The predicted octanol–water partition coefficient (Wildman–Crippen LogP) is 2.72. The van der Waals surface area contributed by atoms with E-state index in [0.717, 1.165) is 19.3 Å².